The van der Waals surface area contributed by atoms with Crippen LogP contribution in [-0.4, -0.2) is 19.1 Å². The summed E-state index contributed by atoms with van der Waals surface area (Å²) < 4.78 is 4.58. The van der Waals surface area contributed by atoms with Crippen LogP contribution in [0.15, 0.2) is 164 Å². The van der Waals surface area contributed by atoms with Crippen LogP contribution in [0.5, 0.6) is 0 Å². The number of aromatic nitrogens is 4. The quantitative estimate of drug-likeness (QED) is 0.195. The lowest BCUT2D eigenvalue weighted by molar-refractivity contribution is 1.01. The minimum atomic E-state index is 0.670. The molecule has 0 N–H and O–H groups in total. The van der Waals surface area contributed by atoms with E-state index in [2.05, 4.69) is 174 Å². The van der Waals surface area contributed by atoms with Crippen LogP contribution in [0.4, 0.5) is 0 Å². The molecule has 0 spiro atoms. The van der Waals surface area contributed by atoms with E-state index in [-0.39, 0.29) is 0 Å². The second kappa shape index (κ2) is 10.8. The highest BCUT2D eigenvalue weighted by molar-refractivity contribution is 6.12. The van der Waals surface area contributed by atoms with Gasteiger partial charge in [0.05, 0.1) is 33.3 Å². The van der Waals surface area contributed by atoms with Crippen LogP contribution >= 0.6 is 0 Å². The molecule has 10 aromatic rings. The molecule has 230 valence electrons. The number of benzene rings is 7. The Kier molecular flexibility index (Phi) is 6.06. The van der Waals surface area contributed by atoms with Crippen LogP contribution in [0, 0.1) is 6.92 Å². The van der Waals surface area contributed by atoms with Gasteiger partial charge in [-0.2, -0.15) is 0 Å². The van der Waals surface area contributed by atoms with Gasteiger partial charge in [-0.3, -0.25) is 4.57 Å². The van der Waals surface area contributed by atoms with Crippen molar-refractivity contribution in [1.29, 1.82) is 0 Å². The molecular weight excluding hydrogens is 597 g/mol. The summed E-state index contributed by atoms with van der Waals surface area (Å²) in [5.41, 5.74) is 12.3. The predicted molar refractivity (Wildman–Crippen MR) is 204 cm³/mol. The molecule has 3 aromatic heterocycles. The lowest BCUT2D eigenvalue weighted by atomic mass is 10.0. The zero-order valence-corrected chi connectivity index (χ0v) is 26.9. The minimum absolute atomic E-state index is 0.670. The fourth-order valence-corrected chi connectivity index (χ4v) is 7.47. The first-order valence-electron chi connectivity index (χ1n) is 16.7. The van der Waals surface area contributed by atoms with E-state index in [1.54, 1.807) is 0 Å². The van der Waals surface area contributed by atoms with Crippen molar-refractivity contribution in [3.05, 3.63) is 169 Å². The van der Waals surface area contributed by atoms with Gasteiger partial charge in [0.25, 0.3) is 0 Å². The standard InChI is InChI=1S/C45H30N4/c1-29-19-21-30(22-20-29)44-36-15-5-8-16-39(36)46-45(47-44)49-41-18-10-7-14-35(41)38-28-32(24-26-43(38)49)31-23-25-42-37(27-31)34-13-6-9-17-40(34)48(42)33-11-3-2-4-12-33/h2-28H,1H3. The third kappa shape index (κ3) is 4.31. The highest BCUT2D eigenvalue weighted by Gasteiger charge is 2.18. The first-order chi connectivity index (χ1) is 24.2. The van der Waals surface area contributed by atoms with Gasteiger partial charge in [0.2, 0.25) is 5.95 Å². The topological polar surface area (TPSA) is 35.6 Å². The van der Waals surface area contributed by atoms with E-state index < -0.39 is 0 Å². The first-order valence-corrected chi connectivity index (χ1v) is 16.7. The smallest absolute Gasteiger partial charge is 0.235 e. The maximum absolute atomic E-state index is 5.26. The van der Waals surface area contributed by atoms with E-state index >= 15 is 0 Å². The van der Waals surface area contributed by atoms with Gasteiger partial charge in [0.15, 0.2) is 0 Å². The van der Waals surface area contributed by atoms with Gasteiger partial charge in [-0.1, -0.05) is 115 Å². The van der Waals surface area contributed by atoms with Gasteiger partial charge in [-0.15, -0.1) is 0 Å². The van der Waals surface area contributed by atoms with Gasteiger partial charge in [0.1, 0.15) is 0 Å². The molecule has 0 aliphatic heterocycles. The summed E-state index contributed by atoms with van der Waals surface area (Å²) in [4.78, 5) is 10.4. The fourth-order valence-electron chi connectivity index (χ4n) is 7.47. The van der Waals surface area contributed by atoms with E-state index in [1.807, 2.05) is 6.07 Å². The molecule has 0 aliphatic rings. The second-order valence-corrected chi connectivity index (χ2v) is 12.8. The lowest BCUT2D eigenvalue weighted by Crippen LogP contribution is -2.03. The Labute approximate surface area is 283 Å². The number of para-hydroxylation sites is 4. The molecule has 10 rings (SSSR count). The number of hydrogen-bond donors (Lipinski definition) is 0. The number of hydrogen-bond acceptors (Lipinski definition) is 2. The van der Waals surface area contributed by atoms with Crippen LogP contribution in [-0.2, 0) is 0 Å². The van der Waals surface area contributed by atoms with Crippen LogP contribution in [0.3, 0.4) is 0 Å². The summed E-state index contributed by atoms with van der Waals surface area (Å²) in [6.45, 7) is 2.11. The van der Waals surface area contributed by atoms with E-state index in [0.717, 1.165) is 38.9 Å². The van der Waals surface area contributed by atoms with Crippen molar-refractivity contribution in [1.82, 2.24) is 19.1 Å². The largest absolute Gasteiger partial charge is 0.309 e. The van der Waals surface area contributed by atoms with E-state index in [4.69, 9.17) is 9.97 Å². The molecule has 0 radical (unpaired) electrons. The van der Waals surface area contributed by atoms with Crippen LogP contribution in [0.1, 0.15) is 5.56 Å². The second-order valence-electron chi connectivity index (χ2n) is 12.8. The van der Waals surface area contributed by atoms with E-state index in [1.165, 1.54) is 49.3 Å². The highest BCUT2D eigenvalue weighted by atomic mass is 15.2. The van der Waals surface area contributed by atoms with Gasteiger partial charge in [0, 0.05) is 38.2 Å². The molecule has 0 aliphatic carbocycles. The zero-order chi connectivity index (χ0) is 32.5. The van der Waals surface area contributed by atoms with Crippen LogP contribution in [0.2, 0.25) is 0 Å². The van der Waals surface area contributed by atoms with Crippen molar-refractivity contribution in [2.45, 2.75) is 6.92 Å². The normalized spacial score (nSPS) is 11.8. The Bertz CT molecular complexity index is 2880. The molecule has 0 unspecified atom stereocenters. The Balaban J connectivity index is 1.18. The summed E-state index contributed by atoms with van der Waals surface area (Å²) in [5, 5.41) is 5.89. The number of rotatable bonds is 4. The van der Waals surface area contributed by atoms with Crippen molar-refractivity contribution < 1.29 is 0 Å². The Hall–Kier alpha value is -6.52. The molecule has 0 saturated carbocycles. The molecule has 0 amide bonds. The van der Waals surface area contributed by atoms with Gasteiger partial charge in [-0.05, 0) is 72.6 Å². The monoisotopic (exact) mass is 626 g/mol. The number of fused-ring (bicyclic) bond motifs is 7. The van der Waals surface area contributed by atoms with Crippen molar-refractivity contribution in [2.24, 2.45) is 0 Å². The van der Waals surface area contributed by atoms with Gasteiger partial charge < -0.3 is 4.57 Å². The number of aryl methyl sites for hydroxylation is 1. The van der Waals surface area contributed by atoms with Crippen molar-refractivity contribution in [3.63, 3.8) is 0 Å². The van der Waals surface area contributed by atoms with Gasteiger partial charge >= 0.3 is 0 Å². The Morgan fingerprint density at radius 1 is 0.388 bits per heavy atom. The SMILES string of the molecule is Cc1ccc(-c2nc(-n3c4ccccc4c4cc(-c5ccc6c(c5)c5ccccc5n6-c5ccccc5)ccc43)nc3ccccc23)cc1. The number of nitrogens with zero attached hydrogens (tertiary/aromatic N) is 4. The van der Waals surface area contributed by atoms with Crippen molar-refractivity contribution >= 4 is 54.5 Å². The third-order valence-corrected chi connectivity index (χ3v) is 9.81. The zero-order valence-electron chi connectivity index (χ0n) is 26.9. The molecular formula is C45H30N4. The summed E-state index contributed by atoms with van der Waals surface area (Å²) in [5.74, 6) is 0.670. The van der Waals surface area contributed by atoms with Crippen LogP contribution < -0.4 is 0 Å². The average Bonchev–Trinajstić information content (AvgIpc) is 3.67. The lowest BCUT2D eigenvalue weighted by Gasteiger charge is -2.12. The maximum atomic E-state index is 5.26. The van der Waals surface area contributed by atoms with Crippen molar-refractivity contribution in [3.8, 4) is 34.0 Å². The third-order valence-electron chi connectivity index (χ3n) is 9.81. The summed E-state index contributed by atoms with van der Waals surface area (Å²) in [6.07, 6.45) is 0. The summed E-state index contributed by atoms with van der Waals surface area (Å²) >= 11 is 0. The average molecular weight is 627 g/mol. The summed E-state index contributed by atoms with van der Waals surface area (Å²) in [7, 11) is 0. The molecule has 0 fully saturated rings. The first kappa shape index (κ1) is 27.6. The predicted octanol–water partition coefficient (Wildman–Crippen LogP) is 11.5. The highest BCUT2D eigenvalue weighted by Crippen LogP contribution is 2.38. The Morgan fingerprint density at radius 3 is 1.57 bits per heavy atom. The maximum Gasteiger partial charge on any atom is 0.235 e. The van der Waals surface area contributed by atoms with Gasteiger partial charge in [-0.25, -0.2) is 9.97 Å². The minimum Gasteiger partial charge on any atom is -0.309 e. The van der Waals surface area contributed by atoms with Crippen LogP contribution in [0.25, 0.3) is 88.5 Å². The van der Waals surface area contributed by atoms with Crippen molar-refractivity contribution in [2.75, 3.05) is 0 Å². The van der Waals surface area contributed by atoms with E-state index in [9.17, 15) is 0 Å². The molecule has 49 heavy (non-hydrogen) atoms. The molecule has 3 heterocycles. The molecule has 0 atom stereocenters. The molecule has 4 heteroatoms. The Morgan fingerprint density at radius 2 is 0.898 bits per heavy atom. The molecule has 4 nitrogen and oxygen atoms in total. The molecule has 7 aromatic carbocycles. The van der Waals surface area contributed by atoms with E-state index in [0.29, 0.717) is 5.95 Å². The summed E-state index contributed by atoms with van der Waals surface area (Å²) in [6, 6.07) is 58.4. The molecule has 0 saturated heterocycles. The fraction of sp³-hybridized carbons (Fsp3) is 0.0222. The molecule has 0 bridgehead atoms.